The third kappa shape index (κ3) is 15.4. The molecule has 0 aliphatic carbocycles. The summed E-state index contributed by atoms with van der Waals surface area (Å²) < 4.78 is 63.2. The monoisotopic (exact) mass is 1050 g/mol. The minimum Gasteiger partial charge on any atom is -0.497 e. The summed E-state index contributed by atoms with van der Waals surface area (Å²) in [4.78, 5) is 18.0. The number of ether oxygens (including phenoxy) is 3. The zero-order valence-electron chi connectivity index (χ0n) is 44.3. The molecule has 5 aromatic rings. The van der Waals surface area contributed by atoms with Crippen LogP contribution in [0.15, 0.2) is 143 Å². The zero-order valence-corrected chi connectivity index (χ0v) is 46.0. The molecule has 0 bridgehead atoms. The molecule has 1 fully saturated rings. The molecule has 15 nitrogen and oxygen atoms in total. The van der Waals surface area contributed by atoms with Crippen LogP contribution in [0.2, 0.25) is 0 Å². The summed E-state index contributed by atoms with van der Waals surface area (Å²) in [7, 11) is 1.94. The fourth-order valence-corrected chi connectivity index (χ4v) is 11.9. The molecule has 5 aromatic carbocycles. The quantitative estimate of drug-likeness (QED) is 0.0219. The van der Waals surface area contributed by atoms with E-state index in [1.807, 2.05) is 115 Å². The van der Waals surface area contributed by atoms with Crippen LogP contribution in [-0.4, -0.2) is 104 Å². The molecule has 1 saturated heterocycles. The fourth-order valence-electron chi connectivity index (χ4n) is 9.05. The van der Waals surface area contributed by atoms with Crippen LogP contribution in [0.3, 0.4) is 0 Å². The summed E-state index contributed by atoms with van der Waals surface area (Å²) in [5.74, 6) is 1.51. The number of sulfonamides is 1. The Morgan fingerprint density at radius 2 is 1.28 bits per heavy atom. The van der Waals surface area contributed by atoms with Crippen molar-refractivity contribution in [2.75, 3.05) is 72.7 Å². The van der Waals surface area contributed by atoms with Gasteiger partial charge < -0.3 is 33.1 Å². The largest absolute Gasteiger partial charge is 0.497 e. The lowest BCUT2D eigenvalue weighted by Crippen LogP contribution is -2.48. The number of anilines is 1. The van der Waals surface area contributed by atoms with Crippen molar-refractivity contribution in [1.29, 1.82) is 5.26 Å². The van der Waals surface area contributed by atoms with Gasteiger partial charge in [-0.05, 0) is 143 Å². The highest BCUT2D eigenvalue weighted by Gasteiger charge is 2.44. The standard InChI is InChI=1S/C57H74N7O8PS/c1-44(2)64(45(3)4)73(71-41-15-37-58)72-43-56(42-70-57(46-16-11-9-12-17-46,47-19-29-52(68-7)30-20-47)48-21-31-53(69-8)32-22-48)35-39-63(40-36-56)55(65)18-13-10-14-38-59-74(66,67)54-33-25-50(26-34-54)61-60-49-23-27-51(28-24-49)62(5)6/h9,11-12,16-17,19-34,44-45,59H,10,13-15,18,35-36,38-43H2,1-8H3. The van der Waals surface area contributed by atoms with Gasteiger partial charge >= 0.3 is 0 Å². The van der Waals surface area contributed by atoms with Crippen LogP contribution in [0.25, 0.3) is 0 Å². The average molecular weight is 1050 g/mol. The maximum absolute atomic E-state index is 13.9. The molecule has 1 aliphatic rings. The Bertz CT molecular complexity index is 2620. The Hall–Kier alpha value is -5.76. The van der Waals surface area contributed by atoms with E-state index in [9.17, 15) is 18.5 Å². The maximum atomic E-state index is 13.9. The first-order valence-corrected chi connectivity index (χ1v) is 28.0. The van der Waals surface area contributed by atoms with E-state index in [1.54, 1.807) is 26.4 Å². The van der Waals surface area contributed by atoms with Crippen molar-refractivity contribution >= 4 is 41.5 Å². The van der Waals surface area contributed by atoms with Crippen LogP contribution in [-0.2, 0) is 34.2 Å². The van der Waals surface area contributed by atoms with Crippen molar-refractivity contribution < 1.29 is 36.5 Å². The number of methoxy groups -OCH3 is 2. The average Bonchev–Trinajstić information content (AvgIpc) is 3.41. The molecule has 0 spiro atoms. The number of amides is 1. The van der Waals surface area contributed by atoms with Gasteiger partial charge in [0.1, 0.15) is 17.1 Å². The lowest BCUT2D eigenvalue weighted by atomic mass is 9.77. The Morgan fingerprint density at radius 1 is 0.743 bits per heavy atom. The van der Waals surface area contributed by atoms with E-state index in [-0.39, 0.29) is 49.1 Å². The molecule has 17 heteroatoms. The minimum absolute atomic E-state index is 0.0619. The Morgan fingerprint density at radius 3 is 1.80 bits per heavy atom. The minimum atomic E-state index is -3.74. The van der Waals surface area contributed by atoms with Crippen molar-refractivity contribution in [1.82, 2.24) is 14.3 Å². The molecule has 74 heavy (non-hydrogen) atoms. The zero-order chi connectivity index (χ0) is 53.1. The number of rotatable bonds is 28. The SMILES string of the molecule is COc1ccc(C(OCC2(COP(OCCC#N)N(C(C)C)C(C)C)CCN(C(=O)CCCCCNS(=O)(=O)c3ccc(N=Nc4ccc(N(C)C)cc4)cc3)CC2)(c2ccccc2)c2ccc(OC)cc2)cc1. The molecule has 1 unspecified atom stereocenters. The van der Waals surface area contributed by atoms with Crippen LogP contribution >= 0.6 is 8.53 Å². The van der Waals surface area contributed by atoms with Gasteiger partial charge in [0, 0.05) is 63.3 Å². The van der Waals surface area contributed by atoms with Crippen LogP contribution in [0.5, 0.6) is 11.5 Å². The third-order valence-corrected chi connectivity index (χ3v) is 16.8. The number of azo groups is 1. The molecular weight excluding hydrogens is 974 g/mol. The van der Waals surface area contributed by atoms with Gasteiger partial charge in [0.25, 0.3) is 8.53 Å². The summed E-state index contributed by atoms with van der Waals surface area (Å²) in [5.41, 5.74) is 3.44. The van der Waals surface area contributed by atoms with Crippen molar-refractivity contribution in [2.45, 2.75) is 95.2 Å². The highest BCUT2D eigenvalue weighted by Crippen LogP contribution is 2.50. The number of carbonyl (C=O) groups is 1. The number of nitrogens with one attached hydrogen (secondary N) is 1. The van der Waals surface area contributed by atoms with Gasteiger partial charge in [0.05, 0.1) is 62.8 Å². The van der Waals surface area contributed by atoms with E-state index < -0.39 is 29.6 Å². The van der Waals surface area contributed by atoms with Crippen molar-refractivity contribution in [3.8, 4) is 17.6 Å². The molecule has 1 heterocycles. The van der Waals surface area contributed by atoms with Gasteiger partial charge in [-0.15, -0.1) is 0 Å². The Balaban J connectivity index is 1.13. The van der Waals surface area contributed by atoms with E-state index in [0.29, 0.717) is 69.6 Å². The third-order valence-electron chi connectivity index (χ3n) is 13.2. The number of likely N-dealkylation sites (tertiary alicyclic amines) is 1. The summed E-state index contributed by atoms with van der Waals surface area (Å²) in [6.07, 6.45) is 3.70. The summed E-state index contributed by atoms with van der Waals surface area (Å²) in [6, 6.07) is 42.5. The molecule has 6 rings (SSSR count). The van der Waals surface area contributed by atoms with Gasteiger partial charge in [0.15, 0.2) is 0 Å². The summed E-state index contributed by atoms with van der Waals surface area (Å²) in [6.45, 7) is 10.6. The first-order chi connectivity index (χ1) is 35.6. The molecular formula is C57H74N7O8PS. The van der Waals surface area contributed by atoms with E-state index >= 15 is 0 Å². The molecule has 0 saturated carbocycles. The number of hydrogen-bond acceptors (Lipinski definition) is 13. The Kier molecular flexibility index (Phi) is 21.5. The van der Waals surface area contributed by atoms with Crippen LogP contribution < -0.4 is 19.1 Å². The van der Waals surface area contributed by atoms with Gasteiger partial charge in [-0.1, -0.05) is 61.0 Å². The molecule has 1 atom stereocenters. The van der Waals surface area contributed by atoms with Gasteiger partial charge in [-0.25, -0.2) is 17.8 Å². The summed E-state index contributed by atoms with van der Waals surface area (Å²) >= 11 is 0. The lowest BCUT2D eigenvalue weighted by Gasteiger charge is -2.45. The first-order valence-electron chi connectivity index (χ1n) is 25.4. The smallest absolute Gasteiger partial charge is 0.259 e. The van der Waals surface area contributed by atoms with E-state index in [2.05, 4.69) is 65.5 Å². The number of hydrogen-bond donors (Lipinski definition) is 1. The maximum Gasteiger partial charge on any atom is 0.259 e. The molecule has 1 N–H and O–H groups in total. The number of nitrogens with zero attached hydrogens (tertiary/aromatic N) is 6. The fraction of sp³-hybridized carbons (Fsp3) is 0.439. The summed E-state index contributed by atoms with van der Waals surface area (Å²) in [5, 5.41) is 17.9. The van der Waals surface area contributed by atoms with Crippen LogP contribution in [0, 0.1) is 16.7 Å². The van der Waals surface area contributed by atoms with Crippen molar-refractivity contribution in [3.05, 3.63) is 144 Å². The number of unbranched alkanes of at least 4 members (excludes halogenated alkanes) is 2. The lowest BCUT2D eigenvalue weighted by molar-refractivity contribution is -0.136. The van der Waals surface area contributed by atoms with Gasteiger partial charge in [-0.3, -0.25) is 4.79 Å². The van der Waals surface area contributed by atoms with Gasteiger partial charge in [-0.2, -0.15) is 15.5 Å². The number of piperidine rings is 1. The molecule has 396 valence electrons. The van der Waals surface area contributed by atoms with Crippen LogP contribution in [0.4, 0.5) is 17.1 Å². The highest BCUT2D eigenvalue weighted by atomic mass is 32.2. The highest BCUT2D eigenvalue weighted by molar-refractivity contribution is 7.89. The second-order valence-electron chi connectivity index (χ2n) is 19.3. The van der Waals surface area contributed by atoms with E-state index in [1.165, 1.54) is 12.1 Å². The first kappa shape index (κ1) is 57.5. The molecule has 0 radical (unpaired) electrons. The van der Waals surface area contributed by atoms with Crippen molar-refractivity contribution in [2.24, 2.45) is 15.6 Å². The molecule has 0 aromatic heterocycles. The van der Waals surface area contributed by atoms with Gasteiger partial charge in [0.2, 0.25) is 15.9 Å². The van der Waals surface area contributed by atoms with Crippen molar-refractivity contribution in [3.63, 3.8) is 0 Å². The second-order valence-corrected chi connectivity index (χ2v) is 22.5. The Labute approximate surface area is 440 Å². The predicted molar refractivity (Wildman–Crippen MR) is 293 cm³/mol. The van der Waals surface area contributed by atoms with E-state index in [0.717, 1.165) is 33.9 Å². The molecule has 1 amide bonds. The van der Waals surface area contributed by atoms with Crippen LogP contribution in [0.1, 0.15) is 89.3 Å². The molecule has 1 aliphatic heterocycles. The normalized spacial score (nSPS) is 14.4. The number of nitriles is 1. The number of carbonyl (C=O) groups excluding carboxylic acids is 1. The second kappa shape index (κ2) is 27.7. The number of benzene rings is 5. The predicted octanol–water partition coefficient (Wildman–Crippen LogP) is 11.9. The van der Waals surface area contributed by atoms with E-state index in [4.69, 9.17) is 23.3 Å². The topological polar surface area (TPSA) is 168 Å².